The Hall–Kier alpha value is -3.78. The molecular formula is C26H36N3O12P. The van der Waals surface area contributed by atoms with Gasteiger partial charge in [0.25, 0.3) is 5.56 Å². The molecule has 0 aliphatic carbocycles. The maximum Gasteiger partial charge on any atom is 0.459 e. The summed E-state index contributed by atoms with van der Waals surface area (Å²) < 4.78 is 47.3. The van der Waals surface area contributed by atoms with Crippen LogP contribution in [0.3, 0.4) is 0 Å². The van der Waals surface area contributed by atoms with Crippen molar-refractivity contribution >= 4 is 25.7 Å². The number of carbonyl (C=O) groups is 3. The van der Waals surface area contributed by atoms with Gasteiger partial charge >= 0.3 is 31.3 Å². The van der Waals surface area contributed by atoms with Gasteiger partial charge in [-0.15, -0.1) is 0 Å². The number of hydrogen-bond donors (Lipinski definition) is 2. The normalized spacial score (nSPS) is 14.6. The van der Waals surface area contributed by atoms with E-state index in [1.54, 1.807) is 39.0 Å². The Morgan fingerprint density at radius 2 is 1.57 bits per heavy atom. The molecule has 2 rings (SSSR count). The number of aromatic amines is 1. The van der Waals surface area contributed by atoms with Crippen LogP contribution in [-0.4, -0.2) is 66.0 Å². The van der Waals surface area contributed by atoms with Crippen LogP contribution in [0.5, 0.6) is 5.75 Å². The summed E-state index contributed by atoms with van der Waals surface area (Å²) in [6.07, 6.45) is -1.32. The first-order valence-corrected chi connectivity index (χ1v) is 14.8. The van der Waals surface area contributed by atoms with E-state index < -0.39 is 75.1 Å². The Morgan fingerprint density at radius 3 is 2.17 bits per heavy atom. The fourth-order valence-electron chi connectivity index (χ4n) is 3.19. The molecule has 0 saturated carbocycles. The zero-order chi connectivity index (χ0) is 31.1. The van der Waals surface area contributed by atoms with Crippen LogP contribution >= 0.6 is 7.75 Å². The van der Waals surface area contributed by atoms with E-state index in [4.69, 9.17) is 28.0 Å². The third-order valence-electron chi connectivity index (χ3n) is 5.30. The monoisotopic (exact) mass is 613 g/mol. The topological polar surface area (TPSA) is 191 Å². The van der Waals surface area contributed by atoms with Gasteiger partial charge in [-0.3, -0.25) is 33.3 Å². The van der Waals surface area contributed by atoms with Gasteiger partial charge in [0.1, 0.15) is 31.1 Å². The number of rotatable bonds is 18. The molecule has 0 aliphatic rings. The highest BCUT2D eigenvalue weighted by Gasteiger charge is 2.34. The summed E-state index contributed by atoms with van der Waals surface area (Å²) in [5.74, 6) is -1.73. The van der Waals surface area contributed by atoms with Crippen molar-refractivity contribution in [3.8, 4) is 5.75 Å². The SMILES string of the molecule is CCOC(=O)C(C)NP(=O)(OCC(COC(=O)CC)OC(COC(=O)CC)n1ccc(=O)[nH]c1=O)Oc1ccccc1. The number of ether oxygens (including phenoxy) is 4. The van der Waals surface area contributed by atoms with Crippen LogP contribution in [-0.2, 0) is 42.4 Å². The van der Waals surface area contributed by atoms with E-state index in [-0.39, 0.29) is 25.2 Å². The third-order valence-corrected chi connectivity index (χ3v) is 6.94. The van der Waals surface area contributed by atoms with Gasteiger partial charge in [0.2, 0.25) is 0 Å². The van der Waals surface area contributed by atoms with E-state index >= 15 is 0 Å². The highest BCUT2D eigenvalue weighted by Crippen LogP contribution is 2.45. The molecule has 2 aromatic rings. The van der Waals surface area contributed by atoms with Crippen LogP contribution in [0.15, 0.2) is 52.2 Å². The molecule has 0 radical (unpaired) electrons. The number of benzene rings is 1. The lowest BCUT2D eigenvalue weighted by atomic mass is 10.3. The lowest BCUT2D eigenvalue weighted by Gasteiger charge is -2.28. The van der Waals surface area contributed by atoms with Crippen molar-refractivity contribution in [2.24, 2.45) is 0 Å². The number of nitrogens with one attached hydrogen (secondary N) is 2. The van der Waals surface area contributed by atoms with E-state index in [1.165, 1.54) is 19.1 Å². The molecular weight excluding hydrogens is 577 g/mol. The van der Waals surface area contributed by atoms with Crippen LogP contribution in [0, 0.1) is 0 Å². The number of nitrogens with zero attached hydrogens (tertiary/aromatic N) is 1. The average molecular weight is 614 g/mol. The quantitative estimate of drug-likeness (QED) is 0.141. The summed E-state index contributed by atoms with van der Waals surface area (Å²) in [4.78, 5) is 62.2. The first-order chi connectivity index (χ1) is 20.0. The minimum absolute atomic E-state index is 0.0399. The first-order valence-electron chi connectivity index (χ1n) is 13.2. The minimum Gasteiger partial charge on any atom is -0.465 e. The molecule has 0 fully saturated rings. The summed E-state index contributed by atoms with van der Waals surface area (Å²) in [6.45, 7) is 4.80. The van der Waals surface area contributed by atoms with E-state index in [2.05, 4.69) is 10.1 Å². The number of carbonyl (C=O) groups excluding carboxylic acids is 3. The number of aromatic nitrogens is 2. The standard InChI is InChI=1S/C26H36N3O12P/c1-5-23(31)37-15-20(40-22(17-38-24(32)6-2)29-14-13-21(30)27-26(29)34)16-39-42(35,28-18(4)25(33)36-7-3)41-19-11-9-8-10-12-19/h8-14,18,20,22H,5-7,15-17H2,1-4H3,(H,28,35)(H,27,30,34). The molecule has 232 valence electrons. The van der Waals surface area contributed by atoms with Crippen molar-refractivity contribution in [3.63, 3.8) is 0 Å². The highest BCUT2D eigenvalue weighted by molar-refractivity contribution is 7.52. The second-order valence-corrected chi connectivity index (χ2v) is 10.3. The summed E-state index contributed by atoms with van der Waals surface area (Å²) in [7, 11) is -4.32. The van der Waals surface area contributed by atoms with Crippen molar-refractivity contribution < 1.29 is 46.9 Å². The summed E-state index contributed by atoms with van der Waals surface area (Å²) in [5, 5.41) is 2.51. The molecule has 42 heavy (non-hydrogen) atoms. The molecule has 1 heterocycles. The van der Waals surface area contributed by atoms with E-state index in [9.17, 15) is 28.5 Å². The Labute approximate surface area is 242 Å². The molecule has 1 aromatic heterocycles. The Bertz CT molecular complexity index is 1330. The van der Waals surface area contributed by atoms with Gasteiger partial charge in [-0.1, -0.05) is 32.0 Å². The van der Waals surface area contributed by atoms with E-state index in [0.717, 1.165) is 16.8 Å². The molecule has 0 saturated heterocycles. The number of H-pyrrole nitrogens is 1. The lowest BCUT2D eigenvalue weighted by molar-refractivity contribution is -0.164. The molecule has 2 N–H and O–H groups in total. The Morgan fingerprint density at radius 1 is 0.929 bits per heavy atom. The highest BCUT2D eigenvalue weighted by atomic mass is 31.2. The van der Waals surface area contributed by atoms with Crippen LogP contribution in [0.4, 0.5) is 0 Å². The molecule has 15 nitrogen and oxygen atoms in total. The van der Waals surface area contributed by atoms with Crippen molar-refractivity contribution in [2.45, 2.75) is 58.9 Å². The maximum atomic E-state index is 13.8. The van der Waals surface area contributed by atoms with Crippen molar-refractivity contribution in [1.29, 1.82) is 0 Å². The average Bonchev–Trinajstić information content (AvgIpc) is 2.96. The molecule has 4 atom stereocenters. The molecule has 0 amide bonds. The Kier molecular flexibility index (Phi) is 14.1. The molecule has 0 aliphatic heterocycles. The van der Waals surface area contributed by atoms with E-state index in [1.807, 2.05) is 0 Å². The van der Waals surface area contributed by atoms with Gasteiger partial charge < -0.3 is 23.5 Å². The predicted molar refractivity (Wildman–Crippen MR) is 148 cm³/mol. The molecule has 4 unspecified atom stereocenters. The van der Waals surface area contributed by atoms with Crippen LogP contribution in [0.1, 0.15) is 46.8 Å². The zero-order valence-corrected chi connectivity index (χ0v) is 24.7. The Balaban J connectivity index is 2.36. The largest absolute Gasteiger partial charge is 0.465 e. The maximum absolute atomic E-state index is 13.8. The predicted octanol–water partition coefficient (Wildman–Crippen LogP) is 2.07. The fraction of sp³-hybridized carbons (Fsp3) is 0.500. The fourth-order valence-corrected chi connectivity index (χ4v) is 4.71. The van der Waals surface area contributed by atoms with E-state index in [0.29, 0.717) is 0 Å². The summed E-state index contributed by atoms with van der Waals surface area (Å²) in [6, 6.07) is 7.96. The number of para-hydroxylation sites is 1. The number of hydrogen-bond acceptors (Lipinski definition) is 12. The lowest BCUT2D eigenvalue weighted by Crippen LogP contribution is -2.39. The van der Waals surface area contributed by atoms with Crippen molar-refractivity contribution in [1.82, 2.24) is 14.6 Å². The zero-order valence-electron chi connectivity index (χ0n) is 23.8. The third kappa shape index (κ3) is 11.6. The van der Waals surface area contributed by atoms with Gasteiger partial charge in [0.05, 0.1) is 13.2 Å². The van der Waals surface area contributed by atoms with Crippen LogP contribution < -0.4 is 20.9 Å². The first kappa shape index (κ1) is 34.4. The molecule has 1 aromatic carbocycles. The second-order valence-electron chi connectivity index (χ2n) is 8.60. The molecule has 0 spiro atoms. The minimum atomic E-state index is -4.32. The second kappa shape index (κ2) is 17.2. The summed E-state index contributed by atoms with van der Waals surface area (Å²) in [5.41, 5.74) is -1.54. The van der Waals surface area contributed by atoms with Gasteiger partial charge in [-0.25, -0.2) is 9.36 Å². The molecule has 16 heteroatoms. The van der Waals surface area contributed by atoms with Crippen molar-refractivity contribution in [2.75, 3.05) is 26.4 Å². The van der Waals surface area contributed by atoms with Gasteiger partial charge in [-0.05, 0) is 26.0 Å². The van der Waals surface area contributed by atoms with Crippen LogP contribution in [0.2, 0.25) is 0 Å². The van der Waals surface area contributed by atoms with Gasteiger partial charge in [0, 0.05) is 25.1 Å². The van der Waals surface area contributed by atoms with Gasteiger partial charge in [-0.2, -0.15) is 5.09 Å². The summed E-state index contributed by atoms with van der Waals surface area (Å²) >= 11 is 0. The van der Waals surface area contributed by atoms with Crippen LogP contribution in [0.25, 0.3) is 0 Å². The smallest absolute Gasteiger partial charge is 0.459 e. The van der Waals surface area contributed by atoms with Crippen molar-refractivity contribution in [3.05, 3.63) is 63.4 Å². The number of esters is 3. The van der Waals surface area contributed by atoms with Gasteiger partial charge in [0.15, 0.2) is 6.23 Å². The molecule has 0 bridgehead atoms.